The molecule has 3 rings (SSSR count). The molecule has 2 aromatic rings. The SMILES string of the molecule is CCCC1(CNc2cc(-c3nc(C)no3)ccn2)CC1. The van der Waals surface area contributed by atoms with Gasteiger partial charge in [-0.15, -0.1) is 0 Å². The molecule has 0 atom stereocenters. The quantitative estimate of drug-likeness (QED) is 0.872. The standard InChI is InChI=1S/C15H20N4O/c1-3-5-15(6-7-15)10-17-13-9-12(4-8-16-13)14-18-11(2)19-20-14/h4,8-9H,3,5-7,10H2,1-2H3,(H,16,17). The van der Waals surface area contributed by atoms with E-state index in [4.69, 9.17) is 4.52 Å². The number of nitrogens with one attached hydrogen (secondary N) is 1. The van der Waals surface area contributed by atoms with Crippen molar-refractivity contribution in [2.75, 3.05) is 11.9 Å². The third-order valence-electron chi connectivity index (χ3n) is 3.92. The Hall–Kier alpha value is -1.91. The number of hydrogen-bond acceptors (Lipinski definition) is 5. The number of nitrogens with zero attached hydrogens (tertiary/aromatic N) is 3. The second kappa shape index (κ2) is 5.23. The number of anilines is 1. The van der Waals surface area contributed by atoms with Gasteiger partial charge in [0.2, 0.25) is 0 Å². The van der Waals surface area contributed by atoms with Crippen LogP contribution in [0.4, 0.5) is 5.82 Å². The average Bonchev–Trinajstić information content (AvgIpc) is 3.09. The van der Waals surface area contributed by atoms with Gasteiger partial charge in [-0.1, -0.05) is 18.5 Å². The molecule has 20 heavy (non-hydrogen) atoms. The third-order valence-corrected chi connectivity index (χ3v) is 3.92. The lowest BCUT2D eigenvalue weighted by Crippen LogP contribution is -2.15. The first-order chi connectivity index (χ1) is 9.71. The molecule has 1 saturated carbocycles. The fourth-order valence-corrected chi connectivity index (χ4v) is 2.57. The first-order valence-corrected chi connectivity index (χ1v) is 7.21. The number of aromatic nitrogens is 3. The van der Waals surface area contributed by atoms with Crippen molar-refractivity contribution in [2.24, 2.45) is 5.41 Å². The molecule has 5 heteroatoms. The maximum atomic E-state index is 5.18. The van der Waals surface area contributed by atoms with Crippen LogP contribution in [-0.4, -0.2) is 21.7 Å². The van der Waals surface area contributed by atoms with E-state index in [-0.39, 0.29) is 0 Å². The molecular formula is C15H20N4O. The Morgan fingerprint density at radius 2 is 2.25 bits per heavy atom. The highest BCUT2D eigenvalue weighted by molar-refractivity contribution is 5.57. The molecule has 1 N–H and O–H groups in total. The van der Waals surface area contributed by atoms with Crippen LogP contribution in [0, 0.1) is 12.3 Å². The molecule has 0 spiro atoms. The Labute approximate surface area is 118 Å². The van der Waals surface area contributed by atoms with E-state index >= 15 is 0 Å². The number of hydrogen-bond donors (Lipinski definition) is 1. The molecule has 0 amide bonds. The lowest BCUT2D eigenvalue weighted by atomic mass is 10.0. The maximum Gasteiger partial charge on any atom is 0.258 e. The zero-order chi connectivity index (χ0) is 14.0. The van der Waals surface area contributed by atoms with Gasteiger partial charge < -0.3 is 9.84 Å². The Balaban J connectivity index is 1.69. The van der Waals surface area contributed by atoms with Crippen LogP contribution in [0.5, 0.6) is 0 Å². The minimum atomic E-state index is 0.507. The van der Waals surface area contributed by atoms with Crippen molar-refractivity contribution in [1.29, 1.82) is 0 Å². The van der Waals surface area contributed by atoms with E-state index in [0.717, 1.165) is 17.9 Å². The summed E-state index contributed by atoms with van der Waals surface area (Å²) in [4.78, 5) is 8.60. The lowest BCUT2D eigenvalue weighted by molar-refractivity contribution is 0.425. The summed E-state index contributed by atoms with van der Waals surface area (Å²) < 4.78 is 5.18. The first kappa shape index (κ1) is 13.1. The van der Waals surface area contributed by atoms with Crippen molar-refractivity contribution in [3.8, 4) is 11.5 Å². The molecule has 106 valence electrons. The van der Waals surface area contributed by atoms with Crippen LogP contribution in [0.2, 0.25) is 0 Å². The molecular weight excluding hydrogens is 252 g/mol. The van der Waals surface area contributed by atoms with Crippen molar-refractivity contribution in [2.45, 2.75) is 39.5 Å². The molecule has 2 heterocycles. The van der Waals surface area contributed by atoms with E-state index in [1.165, 1.54) is 25.7 Å². The predicted octanol–water partition coefficient (Wildman–Crippen LogP) is 3.43. The molecule has 5 nitrogen and oxygen atoms in total. The molecule has 1 aliphatic carbocycles. The summed E-state index contributed by atoms with van der Waals surface area (Å²) in [5.74, 6) is 2.06. The van der Waals surface area contributed by atoms with Crippen molar-refractivity contribution >= 4 is 5.82 Å². The van der Waals surface area contributed by atoms with Gasteiger partial charge in [-0.05, 0) is 43.7 Å². The molecule has 0 unspecified atom stereocenters. The van der Waals surface area contributed by atoms with Crippen LogP contribution >= 0.6 is 0 Å². The van der Waals surface area contributed by atoms with E-state index in [1.54, 1.807) is 6.20 Å². The summed E-state index contributed by atoms with van der Waals surface area (Å²) in [6.07, 6.45) is 6.97. The normalized spacial score (nSPS) is 16.1. The average molecular weight is 272 g/mol. The number of aryl methyl sites for hydroxylation is 1. The molecule has 0 aliphatic heterocycles. The number of rotatable bonds is 6. The van der Waals surface area contributed by atoms with Gasteiger partial charge in [-0.25, -0.2) is 4.98 Å². The zero-order valence-corrected chi connectivity index (χ0v) is 12.0. The van der Waals surface area contributed by atoms with E-state index in [0.29, 0.717) is 17.1 Å². The first-order valence-electron chi connectivity index (χ1n) is 7.21. The predicted molar refractivity (Wildman–Crippen MR) is 77.3 cm³/mol. The van der Waals surface area contributed by atoms with Gasteiger partial charge in [0.15, 0.2) is 5.82 Å². The molecule has 1 fully saturated rings. The van der Waals surface area contributed by atoms with Crippen LogP contribution in [0.15, 0.2) is 22.9 Å². The molecule has 2 aromatic heterocycles. The second-order valence-corrected chi connectivity index (χ2v) is 5.68. The second-order valence-electron chi connectivity index (χ2n) is 5.68. The summed E-state index contributed by atoms with van der Waals surface area (Å²) >= 11 is 0. The Morgan fingerprint density at radius 1 is 1.40 bits per heavy atom. The zero-order valence-electron chi connectivity index (χ0n) is 12.0. The summed E-state index contributed by atoms with van der Waals surface area (Å²) in [5, 5.41) is 7.26. The van der Waals surface area contributed by atoms with E-state index in [9.17, 15) is 0 Å². The summed E-state index contributed by atoms with van der Waals surface area (Å²) in [7, 11) is 0. The van der Waals surface area contributed by atoms with Crippen LogP contribution in [0.3, 0.4) is 0 Å². The molecule has 0 bridgehead atoms. The monoisotopic (exact) mass is 272 g/mol. The molecule has 0 radical (unpaired) electrons. The van der Waals surface area contributed by atoms with Gasteiger partial charge in [0.25, 0.3) is 5.89 Å². The van der Waals surface area contributed by atoms with Gasteiger partial charge in [0, 0.05) is 18.3 Å². The molecule has 0 saturated heterocycles. The van der Waals surface area contributed by atoms with E-state index < -0.39 is 0 Å². The van der Waals surface area contributed by atoms with Gasteiger partial charge in [0.1, 0.15) is 5.82 Å². The van der Waals surface area contributed by atoms with Crippen molar-refractivity contribution in [3.05, 3.63) is 24.2 Å². The summed E-state index contributed by atoms with van der Waals surface area (Å²) in [5.41, 5.74) is 1.41. The highest BCUT2D eigenvalue weighted by atomic mass is 16.5. The van der Waals surface area contributed by atoms with E-state index in [2.05, 4.69) is 27.4 Å². The van der Waals surface area contributed by atoms with E-state index in [1.807, 2.05) is 19.1 Å². The van der Waals surface area contributed by atoms with Gasteiger partial charge in [0.05, 0.1) is 0 Å². The van der Waals surface area contributed by atoms with Gasteiger partial charge in [-0.3, -0.25) is 0 Å². The highest BCUT2D eigenvalue weighted by Crippen LogP contribution is 2.49. The third kappa shape index (κ3) is 2.81. The topological polar surface area (TPSA) is 63.8 Å². The maximum absolute atomic E-state index is 5.18. The molecule has 0 aromatic carbocycles. The van der Waals surface area contributed by atoms with Crippen LogP contribution in [-0.2, 0) is 0 Å². The minimum Gasteiger partial charge on any atom is -0.369 e. The summed E-state index contributed by atoms with van der Waals surface area (Å²) in [6.45, 7) is 5.06. The largest absolute Gasteiger partial charge is 0.369 e. The molecule has 1 aliphatic rings. The Kier molecular flexibility index (Phi) is 3.42. The fraction of sp³-hybridized carbons (Fsp3) is 0.533. The lowest BCUT2D eigenvalue weighted by Gasteiger charge is -2.15. The van der Waals surface area contributed by atoms with Gasteiger partial charge >= 0.3 is 0 Å². The smallest absolute Gasteiger partial charge is 0.258 e. The highest BCUT2D eigenvalue weighted by Gasteiger charge is 2.41. The van der Waals surface area contributed by atoms with Gasteiger partial charge in [-0.2, -0.15) is 4.98 Å². The summed E-state index contributed by atoms with van der Waals surface area (Å²) in [6, 6.07) is 3.85. The minimum absolute atomic E-state index is 0.507. The Morgan fingerprint density at radius 3 is 2.90 bits per heavy atom. The van der Waals surface area contributed by atoms with Crippen molar-refractivity contribution in [3.63, 3.8) is 0 Å². The number of pyridine rings is 1. The van der Waals surface area contributed by atoms with Crippen LogP contribution in [0.25, 0.3) is 11.5 Å². The van der Waals surface area contributed by atoms with Crippen molar-refractivity contribution < 1.29 is 4.52 Å². The van der Waals surface area contributed by atoms with Crippen molar-refractivity contribution in [1.82, 2.24) is 15.1 Å². The Bertz CT molecular complexity index is 589. The fourth-order valence-electron chi connectivity index (χ4n) is 2.57. The van der Waals surface area contributed by atoms with Crippen LogP contribution in [0.1, 0.15) is 38.4 Å². The van der Waals surface area contributed by atoms with Crippen LogP contribution < -0.4 is 5.32 Å².